The molecule has 0 aliphatic carbocycles. The molecule has 2 atom stereocenters. The number of rotatable bonds is 6. The molecule has 1 aromatic rings. The number of carbonyl (C=O) groups is 1. The lowest BCUT2D eigenvalue weighted by Crippen LogP contribution is -2.20. The fourth-order valence-electron chi connectivity index (χ4n) is 2.74. The lowest BCUT2D eigenvalue weighted by Gasteiger charge is -2.15. The summed E-state index contributed by atoms with van der Waals surface area (Å²) < 4.78 is 22.1. The second-order valence-corrected chi connectivity index (χ2v) is 5.68. The summed E-state index contributed by atoms with van der Waals surface area (Å²) in [6.45, 7) is 2.32. The molecule has 0 N–H and O–H groups in total. The molecule has 2 unspecified atom stereocenters. The Morgan fingerprint density at radius 1 is 1.05 bits per heavy atom. The maximum Gasteiger partial charge on any atom is 0.342 e. The van der Waals surface area contributed by atoms with Crippen LogP contribution in [0.1, 0.15) is 36.0 Å². The molecule has 2 heterocycles. The number of esters is 1. The molecule has 0 saturated carbocycles. The van der Waals surface area contributed by atoms with E-state index in [4.69, 9.17) is 18.9 Å². The summed E-state index contributed by atoms with van der Waals surface area (Å²) in [7, 11) is 0. The van der Waals surface area contributed by atoms with Crippen molar-refractivity contribution < 1.29 is 23.7 Å². The number of carbonyl (C=O) groups excluding carboxylic acids is 1. The number of hydrogen-bond acceptors (Lipinski definition) is 5. The molecule has 5 nitrogen and oxygen atoms in total. The molecule has 2 aliphatic rings. The van der Waals surface area contributed by atoms with Crippen LogP contribution in [0, 0.1) is 0 Å². The molecule has 2 aliphatic heterocycles. The minimum atomic E-state index is -0.363. The van der Waals surface area contributed by atoms with Gasteiger partial charge in [0.2, 0.25) is 0 Å². The zero-order valence-electron chi connectivity index (χ0n) is 12.7. The molecule has 1 aromatic carbocycles. The molecular formula is C17H22O5. The van der Waals surface area contributed by atoms with Gasteiger partial charge in [0.15, 0.2) is 0 Å². The monoisotopic (exact) mass is 306 g/mol. The summed E-state index contributed by atoms with van der Waals surface area (Å²) in [6.07, 6.45) is 4.21. The first-order valence-electron chi connectivity index (χ1n) is 7.95. The van der Waals surface area contributed by atoms with Gasteiger partial charge in [-0.2, -0.15) is 0 Å². The molecule has 3 rings (SSSR count). The van der Waals surface area contributed by atoms with Crippen LogP contribution >= 0.6 is 0 Å². The second-order valence-electron chi connectivity index (χ2n) is 5.68. The Morgan fingerprint density at radius 2 is 1.73 bits per heavy atom. The molecule has 0 radical (unpaired) electrons. The molecule has 0 spiro atoms. The van der Waals surface area contributed by atoms with Crippen molar-refractivity contribution in [1.29, 1.82) is 0 Å². The zero-order valence-corrected chi connectivity index (χ0v) is 12.7. The van der Waals surface area contributed by atoms with Crippen molar-refractivity contribution in [3.8, 4) is 5.75 Å². The van der Waals surface area contributed by atoms with Crippen molar-refractivity contribution in [2.24, 2.45) is 0 Å². The van der Waals surface area contributed by atoms with Crippen molar-refractivity contribution >= 4 is 5.97 Å². The van der Waals surface area contributed by atoms with E-state index in [0.29, 0.717) is 24.5 Å². The molecule has 0 aromatic heterocycles. The maximum atomic E-state index is 12.2. The van der Waals surface area contributed by atoms with Gasteiger partial charge in [-0.05, 0) is 37.8 Å². The molecule has 5 heteroatoms. The standard InChI is InChI=1S/C17H22O5/c18-17(22-12-14-6-4-10-20-14)15-7-1-2-8-16(15)21-11-13-5-3-9-19-13/h1-2,7-8,13-14H,3-6,9-12H2. The third kappa shape index (κ3) is 3.99. The number of benzene rings is 1. The van der Waals surface area contributed by atoms with Crippen molar-refractivity contribution in [1.82, 2.24) is 0 Å². The minimum absolute atomic E-state index is 0.0314. The number of hydrogen-bond donors (Lipinski definition) is 0. The third-order valence-electron chi connectivity index (χ3n) is 3.98. The van der Waals surface area contributed by atoms with Gasteiger partial charge in [0.1, 0.15) is 24.5 Å². The normalized spacial score (nSPS) is 24.4. The Bertz CT molecular complexity index is 490. The van der Waals surface area contributed by atoms with Crippen molar-refractivity contribution in [3.05, 3.63) is 29.8 Å². The Kier molecular flexibility index (Phi) is 5.29. The van der Waals surface area contributed by atoms with Gasteiger partial charge in [-0.25, -0.2) is 4.79 Å². The number of ether oxygens (including phenoxy) is 4. The van der Waals surface area contributed by atoms with E-state index in [1.54, 1.807) is 12.1 Å². The van der Waals surface area contributed by atoms with Crippen LogP contribution in [0.15, 0.2) is 24.3 Å². The fraction of sp³-hybridized carbons (Fsp3) is 0.588. The van der Waals surface area contributed by atoms with E-state index in [-0.39, 0.29) is 18.2 Å². The van der Waals surface area contributed by atoms with Crippen LogP contribution in [-0.4, -0.2) is 44.6 Å². The van der Waals surface area contributed by atoms with E-state index >= 15 is 0 Å². The SMILES string of the molecule is O=C(OCC1CCCO1)c1ccccc1OCC1CCCO1. The first-order valence-corrected chi connectivity index (χ1v) is 7.95. The van der Waals surface area contributed by atoms with Crippen LogP contribution in [0.5, 0.6) is 5.75 Å². The highest BCUT2D eigenvalue weighted by Crippen LogP contribution is 2.22. The van der Waals surface area contributed by atoms with Crippen molar-refractivity contribution in [2.75, 3.05) is 26.4 Å². The highest BCUT2D eigenvalue weighted by Gasteiger charge is 2.21. The summed E-state index contributed by atoms with van der Waals surface area (Å²) in [5.74, 6) is 0.189. The van der Waals surface area contributed by atoms with Gasteiger partial charge >= 0.3 is 5.97 Å². The summed E-state index contributed by atoms with van der Waals surface area (Å²) >= 11 is 0. The molecule has 0 bridgehead atoms. The van der Waals surface area contributed by atoms with E-state index in [2.05, 4.69) is 0 Å². The molecule has 120 valence electrons. The largest absolute Gasteiger partial charge is 0.490 e. The summed E-state index contributed by atoms with van der Waals surface area (Å²) in [6, 6.07) is 7.17. The van der Waals surface area contributed by atoms with Crippen LogP contribution in [0.2, 0.25) is 0 Å². The van der Waals surface area contributed by atoms with E-state index in [1.165, 1.54) is 0 Å². The average Bonchev–Trinajstić information content (AvgIpc) is 3.24. The quantitative estimate of drug-likeness (QED) is 0.756. The Hall–Kier alpha value is -1.59. The average molecular weight is 306 g/mol. The molecule has 2 saturated heterocycles. The van der Waals surface area contributed by atoms with E-state index in [0.717, 1.165) is 38.9 Å². The Balaban J connectivity index is 1.55. The fourth-order valence-corrected chi connectivity index (χ4v) is 2.74. The highest BCUT2D eigenvalue weighted by atomic mass is 16.6. The van der Waals surface area contributed by atoms with Crippen LogP contribution in [0.4, 0.5) is 0 Å². The van der Waals surface area contributed by atoms with Gasteiger partial charge in [-0.15, -0.1) is 0 Å². The molecule has 2 fully saturated rings. The Labute approximate surface area is 130 Å². The van der Waals surface area contributed by atoms with Gasteiger partial charge in [0.25, 0.3) is 0 Å². The van der Waals surface area contributed by atoms with Crippen LogP contribution < -0.4 is 4.74 Å². The predicted molar refractivity (Wildman–Crippen MR) is 80.2 cm³/mol. The predicted octanol–water partition coefficient (Wildman–Crippen LogP) is 2.58. The summed E-state index contributed by atoms with van der Waals surface area (Å²) in [5.41, 5.74) is 0.457. The second kappa shape index (κ2) is 7.61. The minimum Gasteiger partial charge on any atom is -0.490 e. The molecule has 22 heavy (non-hydrogen) atoms. The van der Waals surface area contributed by atoms with Crippen molar-refractivity contribution in [3.63, 3.8) is 0 Å². The number of para-hydroxylation sites is 1. The summed E-state index contributed by atoms with van der Waals surface area (Å²) in [4.78, 5) is 12.2. The summed E-state index contributed by atoms with van der Waals surface area (Å²) in [5, 5.41) is 0. The van der Waals surface area contributed by atoms with Gasteiger partial charge in [0, 0.05) is 13.2 Å². The van der Waals surface area contributed by atoms with Crippen LogP contribution in [-0.2, 0) is 14.2 Å². The first kappa shape index (κ1) is 15.3. The van der Waals surface area contributed by atoms with E-state index in [9.17, 15) is 4.79 Å². The van der Waals surface area contributed by atoms with E-state index < -0.39 is 0 Å². The van der Waals surface area contributed by atoms with Crippen LogP contribution in [0.25, 0.3) is 0 Å². The van der Waals surface area contributed by atoms with Gasteiger partial charge < -0.3 is 18.9 Å². The maximum absolute atomic E-state index is 12.2. The third-order valence-corrected chi connectivity index (χ3v) is 3.98. The van der Waals surface area contributed by atoms with Gasteiger partial charge in [-0.3, -0.25) is 0 Å². The Morgan fingerprint density at radius 3 is 2.41 bits per heavy atom. The van der Waals surface area contributed by atoms with Crippen molar-refractivity contribution in [2.45, 2.75) is 37.9 Å². The lowest BCUT2D eigenvalue weighted by atomic mass is 10.2. The topological polar surface area (TPSA) is 54.0 Å². The lowest BCUT2D eigenvalue weighted by molar-refractivity contribution is 0.0155. The van der Waals surface area contributed by atoms with Gasteiger partial charge in [0.05, 0.1) is 12.2 Å². The highest BCUT2D eigenvalue weighted by molar-refractivity contribution is 5.92. The molecule has 0 amide bonds. The zero-order chi connectivity index (χ0) is 15.2. The van der Waals surface area contributed by atoms with Crippen LogP contribution in [0.3, 0.4) is 0 Å². The van der Waals surface area contributed by atoms with E-state index in [1.807, 2.05) is 12.1 Å². The smallest absolute Gasteiger partial charge is 0.342 e. The van der Waals surface area contributed by atoms with Gasteiger partial charge in [-0.1, -0.05) is 12.1 Å². The first-order chi connectivity index (χ1) is 10.8. The molecular weight excluding hydrogens is 284 g/mol.